The molecule has 2 N–H and O–H groups in total. The summed E-state index contributed by atoms with van der Waals surface area (Å²) < 4.78 is 19.6. The first-order chi connectivity index (χ1) is 13.6. The number of benzene rings is 1. The van der Waals surface area contributed by atoms with E-state index in [9.17, 15) is 14.3 Å². The first-order valence-corrected chi connectivity index (χ1v) is 9.56. The van der Waals surface area contributed by atoms with Gasteiger partial charge in [-0.2, -0.15) is 0 Å². The van der Waals surface area contributed by atoms with Gasteiger partial charge in [0.2, 0.25) is 5.95 Å². The molecule has 1 amide bonds. The highest BCUT2D eigenvalue weighted by Gasteiger charge is 2.22. The van der Waals surface area contributed by atoms with E-state index in [1.54, 1.807) is 23.1 Å². The van der Waals surface area contributed by atoms with E-state index >= 15 is 0 Å². The molecule has 0 unspecified atom stereocenters. The van der Waals surface area contributed by atoms with Gasteiger partial charge in [-0.15, -0.1) is 0 Å². The van der Waals surface area contributed by atoms with E-state index in [4.69, 9.17) is 4.74 Å². The second-order valence-electron chi connectivity index (χ2n) is 7.19. The van der Waals surface area contributed by atoms with Crippen LogP contribution in [-0.4, -0.2) is 52.9 Å². The van der Waals surface area contributed by atoms with E-state index in [1.807, 2.05) is 6.07 Å². The standard InChI is InChI=1S/C20H23FN4O3/c21-17-11-22-20(23-14-4-6-16(26)7-5-14)24-19(17)13-2-1-3-15(10-13)25-8-9-28-12-18(25)27/h1-3,10-11,14,16,26H,4-9,12H2,(H,22,23,24)/t14-,16-. The van der Waals surface area contributed by atoms with Crippen molar-refractivity contribution in [2.45, 2.75) is 37.8 Å². The minimum atomic E-state index is -0.518. The van der Waals surface area contributed by atoms with Gasteiger partial charge < -0.3 is 20.1 Å². The number of aliphatic hydroxyl groups excluding tert-OH is 1. The maximum absolute atomic E-state index is 14.4. The summed E-state index contributed by atoms with van der Waals surface area (Å²) in [4.78, 5) is 22.2. The van der Waals surface area contributed by atoms with Crippen LogP contribution in [0.3, 0.4) is 0 Å². The first-order valence-electron chi connectivity index (χ1n) is 9.56. The molecule has 8 heteroatoms. The van der Waals surface area contributed by atoms with Crippen molar-refractivity contribution in [3.63, 3.8) is 0 Å². The van der Waals surface area contributed by atoms with Crippen molar-refractivity contribution in [2.24, 2.45) is 0 Å². The molecule has 1 aromatic carbocycles. The number of morpholine rings is 1. The number of nitrogens with zero attached hydrogens (tertiary/aromatic N) is 3. The molecular weight excluding hydrogens is 363 g/mol. The second kappa shape index (κ2) is 8.20. The normalized spacial score (nSPS) is 22.9. The monoisotopic (exact) mass is 386 g/mol. The van der Waals surface area contributed by atoms with Crippen molar-refractivity contribution < 1.29 is 19.0 Å². The smallest absolute Gasteiger partial charge is 0.253 e. The van der Waals surface area contributed by atoms with Crippen molar-refractivity contribution in [2.75, 3.05) is 30.0 Å². The summed E-state index contributed by atoms with van der Waals surface area (Å²) in [5, 5.41) is 12.9. The number of anilines is 2. The van der Waals surface area contributed by atoms with Gasteiger partial charge in [-0.05, 0) is 37.8 Å². The van der Waals surface area contributed by atoms with Crippen molar-refractivity contribution in [1.29, 1.82) is 0 Å². The maximum atomic E-state index is 14.4. The summed E-state index contributed by atoms with van der Waals surface area (Å²) >= 11 is 0. The molecule has 0 atom stereocenters. The molecule has 2 aliphatic rings. The highest BCUT2D eigenvalue weighted by molar-refractivity contribution is 5.95. The summed E-state index contributed by atoms with van der Waals surface area (Å²) in [5.74, 6) is -0.269. The van der Waals surface area contributed by atoms with Gasteiger partial charge in [-0.3, -0.25) is 4.79 Å². The zero-order valence-electron chi connectivity index (χ0n) is 15.5. The number of rotatable bonds is 4. The molecule has 148 valence electrons. The van der Waals surface area contributed by atoms with Crippen LogP contribution in [0.2, 0.25) is 0 Å². The van der Waals surface area contributed by atoms with Crippen LogP contribution in [0.4, 0.5) is 16.0 Å². The van der Waals surface area contributed by atoms with Crippen LogP contribution in [0.25, 0.3) is 11.3 Å². The number of aliphatic hydroxyl groups is 1. The van der Waals surface area contributed by atoms with Crippen LogP contribution in [0, 0.1) is 5.82 Å². The molecule has 2 aromatic rings. The van der Waals surface area contributed by atoms with Crippen LogP contribution in [-0.2, 0) is 9.53 Å². The Kier molecular flexibility index (Phi) is 5.50. The van der Waals surface area contributed by atoms with Gasteiger partial charge in [-0.25, -0.2) is 14.4 Å². The zero-order valence-corrected chi connectivity index (χ0v) is 15.5. The number of carbonyl (C=O) groups excluding carboxylic acids is 1. The Morgan fingerprint density at radius 2 is 2.07 bits per heavy atom. The molecule has 1 aliphatic heterocycles. The third kappa shape index (κ3) is 4.13. The topological polar surface area (TPSA) is 87.6 Å². The number of nitrogens with one attached hydrogen (secondary N) is 1. The van der Waals surface area contributed by atoms with Crippen molar-refractivity contribution in [3.8, 4) is 11.3 Å². The van der Waals surface area contributed by atoms with Gasteiger partial charge in [0, 0.05) is 23.8 Å². The molecule has 2 fully saturated rings. The molecule has 0 radical (unpaired) electrons. The molecule has 28 heavy (non-hydrogen) atoms. The lowest BCUT2D eigenvalue weighted by Crippen LogP contribution is -2.41. The highest BCUT2D eigenvalue weighted by Crippen LogP contribution is 2.27. The zero-order chi connectivity index (χ0) is 19.5. The number of aromatic nitrogens is 2. The van der Waals surface area contributed by atoms with Gasteiger partial charge in [0.25, 0.3) is 5.91 Å². The maximum Gasteiger partial charge on any atom is 0.253 e. The van der Waals surface area contributed by atoms with Crippen LogP contribution >= 0.6 is 0 Å². The summed E-state index contributed by atoms with van der Waals surface area (Å²) in [7, 11) is 0. The summed E-state index contributed by atoms with van der Waals surface area (Å²) in [6.45, 7) is 0.993. The fraction of sp³-hybridized carbons (Fsp3) is 0.450. The molecule has 1 aromatic heterocycles. The number of hydrogen-bond donors (Lipinski definition) is 2. The molecule has 7 nitrogen and oxygen atoms in total. The molecular formula is C20H23FN4O3. The molecule has 1 saturated heterocycles. The number of halogens is 1. The van der Waals surface area contributed by atoms with Crippen LogP contribution in [0.15, 0.2) is 30.5 Å². The Balaban J connectivity index is 1.56. The van der Waals surface area contributed by atoms with Crippen molar-refractivity contribution in [3.05, 3.63) is 36.3 Å². The lowest BCUT2D eigenvalue weighted by atomic mass is 9.93. The van der Waals surface area contributed by atoms with Gasteiger partial charge in [-0.1, -0.05) is 12.1 Å². The molecule has 0 spiro atoms. The van der Waals surface area contributed by atoms with Crippen molar-refractivity contribution in [1.82, 2.24) is 9.97 Å². The average molecular weight is 386 g/mol. The number of carbonyl (C=O) groups is 1. The summed E-state index contributed by atoms with van der Waals surface area (Å²) in [5.41, 5.74) is 1.47. The quantitative estimate of drug-likeness (QED) is 0.839. The second-order valence-corrected chi connectivity index (χ2v) is 7.19. The van der Waals surface area contributed by atoms with Gasteiger partial charge in [0.05, 0.1) is 18.9 Å². The molecule has 1 aliphatic carbocycles. The highest BCUT2D eigenvalue weighted by atomic mass is 19.1. The predicted molar refractivity (Wildman–Crippen MR) is 102 cm³/mol. The van der Waals surface area contributed by atoms with E-state index in [0.717, 1.165) is 31.9 Å². The Morgan fingerprint density at radius 1 is 1.25 bits per heavy atom. The predicted octanol–water partition coefficient (Wildman–Crippen LogP) is 2.36. The minimum Gasteiger partial charge on any atom is -0.393 e. The molecule has 2 heterocycles. The summed E-state index contributed by atoms with van der Waals surface area (Å²) in [6.07, 6.45) is 4.04. The van der Waals surface area contributed by atoms with Crippen LogP contribution in [0.1, 0.15) is 25.7 Å². The third-order valence-corrected chi connectivity index (χ3v) is 5.19. The van der Waals surface area contributed by atoms with E-state index in [-0.39, 0.29) is 30.4 Å². The lowest BCUT2D eigenvalue weighted by Gasteiger charge is -2.27. The van der Waals surface area contributed by atoms with Crippen LogP contribution < -0.4 is 10.2 Å². The van der Waals surface area contributed by atoms with E-state index in [0.29, 0.717) is 30.4 Å². The van der Waals surface area contributed by atoms with Crippen LogP contribution in [0.5, 0.6) is 0 Å². The lowest BCUT2D eigenvalue weighted by molar-refractivity contribution is -0.125. The number of hydrogen-bond acceptors (Lipinski definition) is 6. The van der Waals surface area contributed by atoms with Gasteiger partial charge in [0.1, 0.15) is 12.3 Å². The van der Waals surface area contributed by atoms with Gasteiger partial charge in [0.15, 0.2) is 5.82 Å². The Morgan fingerprint density at radius 3 is 2.86 bits per heavy atom. The minimum absolute atomic E-state index is 0.0518. The Bertz CT molecular complexity index is 855. The molecule has 0 bridgehead atoms. The third-order valence-electron chi connectivity index (χ3n) is 5.19. The molecule has 4 rings (SSSR count). The van der Waals surface area contributed by atoms with Gasteiger partial charge >= 0.3 is 0 Å². The number of amides is 1. The largest absolute Gasteiger partial charge is 0.393 e. The van der Waals surface area contributed by atoms with E-state index in [2.05, 4.69) is 15.3 Å². The average Bonchev–Trinajstić information content (AvgIpc) is 2.71. The number of ether oxygens (including phenoxy) is 1. The first kappa shape index (κ1) is 18.8. The SMILES string of the molecule is O=C1COCCN1c1cccc(-c2nc(N[C@H]3CC[C@H](O)CC3)ncc2F)c1. The molecule has 1 saturated carbocycles. The Labute approximate surface area is 162 Å². The fourth-order valence-corrected chi connectivity index (χ4v) is 3.65. The Hall–Kier alpha value is -2.58. The van der Waals surface area contributed by atoms with Crippen molar-refractivity contribution >= 4 is 17.5 Å². The summed E-state index contributed by atoms with van der Waals surface area (Å²) in [6, 6.07) is 7.29. The van der Waals surface area contributed by atoms with E-state index < -0.39 is 5.82 Å². The fourth-order valence-electron chi connectivity index (χ4n) is 3.65. The van der Waals surface area contributed by atoms with E-state index in [1.165, 1.54) is 0 Å².